The smallest absolute Gasteiger partial charge is 0.329 e. The summed E-state index contributed by atoms with van der Waals surface area (Å²) in [6.07, 6.45) is 0.949. The Morgan fingerprint density at radius 1 is 0.972 bits per heavy atom. The van der Waals surface area contributed by atoms with E-state index >= 15 is 8.78 Å². The number of nitrogens with zero attached hydrogens (tertiary/aromatic N) is 1. The van der Waals surface area contributed by atoms with Gasteiger partial charge in [0.1, 0.15) is 23.2 Å². The molecule has 36 heavy (non-hydrogen) atoms. The Hall–Kier alpha value is -3.45. The minimum Gasteiger partial charge on any atom is -0.458 e. The second-order valence-corrected chi connectivity index (χ2v) is 10.00. The number of hydrogen-bond acceptors (Lipinski definition) is 4. The molecule has 1 fully saturated rings. The van der Waals surface area contributed by atoms with Gasteiger partial charge in [-0.15, -0.1) is 0 Å². The molecule has 3 aromatic rings. The van der Waals surface area contributed by atoms with E-state index in [1.165, 1.54) is 4.90 Å². The van der Waals surface area contributed by atoms with Crippen molar-refractivity contribution in [3.8, 4) is 22.6 Å². The van der Waals surface area contributed by atoms with E-state index < -0.39 is 40.7 Å². The van der Waals surface area contributed by atoms with Crippen molar-refractivity contribution >= 4 is 23.5 Å². The van der Waals surface area contributed by atoms with Crippen LogP contribution in [0.3, 0.4) is 0 Å². The molecule has 188 valence electrons. The maximum Gasteiger partial charge on any atom is 0.329 e. The Balaban J connectivity index is 1.60. The highest BCUT2D eigenvalue weighted by molar-refractivity contribution is 6.31. The molecule has 1 aliphatic heterocycles. The second-order valence-electron chi connectivity index (χ2n) is 9.56. The monoisotopic (exact) mass is 513 g/mol. The van der Waals surface area contributed by atoms with Crippen molar-refractivity contribution in [1.82, 2.24) is 4.90 Å². The minimum atomic E-state index is -0.957. The molecule has 3 aromatic carbocycles. The van der Waals surface area contributed by atoms with E-state index in [9.17, 15) is 9.59 Å². The van der Waals surface area contributed by atoms with Crippen LogP contribution in [0.25, 0.3) is 11.1 Å². The number of hydrogen-bond donors (Lipinski definition) is 0. The molecule has 4 rings (SSSR count). The number of benzene rings is 3. The summed E-state index contributed by atoms with van der Waals surface area (Å²) in [5, 5.41) is 0.457. The highest BCUT2D eigenvalue weighted by Gasteiger charge is 2.38. The predicted molar refractivity (Wildman–Crippen MR) is 133 cm³/mol. The maximum atomic E-state index is 15.1. The van der Waals surface area contributed by atoms with Gasteiger partial charge in [0.15, 0.2) is 11.6 Å². The molecule has 8 heteroatoms. The van der Waals surface area contributed by atoms with Crippen molar-refractivity contribution in [2.24, 2.45) is 0 Å². The average Bonchev–Trinajstić information content (AvgIpc) is 3.31. The van der Waals surface area contributed by atoms with Crippen LogP contribution in [0.1, 0.15) is 44.0 Å². The van der Waals surface area contributed by atoms with Gasteiger partial charge in [-0.25, -0.2) is 13.6 Å². The molecule has 0 bridgehead atoms. The first kappa shape index (κ1) is 25.6. The Morgan fingerprint density at radius 2 is 1.69 bits per heavy atom. The summed E-state index contributed by atoms with van der Waals surface area (Å²) in [7, 11) is 0. The van der Waals surface area contributed by atoms with E-state index in [1.54, 1.807) is 39.0 Å². The first-order valence-electron chi connectivity index (χ1n) is 11.6. The Bertz CT molecular complexity index is 1290. The number of esters is 1. The molecule has 0 aromatic heterocycles. The summed E-state index contributed by atoms with van der Waals surface area (Å²) in [4.78, 5) is 26.9. The fourth-order valence-corrected chi connectivity index (χ4v) is 4.28. The molecular formula is C28H26ClF2NO4. The van der Waals surface area contributed by atoms with E-state index in [0.717, 1.165) is 17.7 Å². The Kier molecular flexibility index (Phi) is 7.31. The second kappa shape index (κ2) is 10.3. The van der Waals surface area contributed by atoms with Gasteiger partial charge >= 0.3 is 5.97 Å². The van der Waals surface area contributed by atoms with E-state index in [-0.39, 0.29) is 18.0 Å². The van der Waals surface area contributed by atoms with Crippen molar-refractivity contribution in [1.29, 1.82) is 0 Å². The van der Waals surface area contributed by atoms with Crippen LogP contribution in [-0.4, -0.2) is 35.0 Å². The Labute approximate surface area is 213 Å². The first-order valence-corrected chi connectivity index (χ1v) is 12.0. The topological polar surface area (TPSA) is 55.8 Å². The fourth-order valence-electron chi connectivity index (χ4n) is 4.10. The summed E-state index contributed by atoms with van der Waals surface area (Å²) < 4.78 is 41.3. The molecule has 0 spiro atoms. The predicted octanol–water partition coefficient (Wildman–Crippen LogP) is 7.02. The third-order valence-electron chi connectivity index (χ3n) is 5.69. The average molecular weight is 514 g/mol. The largest absolute Gasteiger partial charge is 0.458 e. The van der Waals surface area contributed by atoms with E-state index in [1.807, 2.05) is 30.3 Å². The standard InChI is InChI=1S/C28H26ClF2NO4/c1-28(2,3)36-27(34)23-10-7-13-32(23)26(33)20-15-22(31)25(16-21(20)30)35-24-12-11-18(29)14-19(24)17-8-5-4-6-9-17/h4-6,8-9,11-12,14-16,23H,7,10,13H2,1-3H3. The molecule has 1 amide bonds. The molecule has 1 saturated heterocycles. The zero-order chi connectivity index (χ0) is 26.0. The van der Waals surface area contributed by atoms with Crippen molar-refractivity contribution < 1.29 is 27.8 Å². The van der Waals surface area contributed by atoms with Crippen LogP contribution in [0.15, 0.2) is 60.7 Å². The quantitative estimate of drug-likeness (QED) is 0.344. The van der Waals surface area contributed by atoms with E-state index in [2.05, 4.69) is 0 Å². The van der Waals surface area contributed by atoms with Crippen LogP contribution < -0.4 is 4.74 Å². The number of likely N-dealkylation sites (tertiary alicyclic amines) is 1. The van der Waals surface area contributed by atoms with Crippen molar-refractivity contribution in [2.45, 2.75) is 45.3 Å². The van der Waals surface area contributed by atoms with Crippen LogP contribution in [0, 0.1) is 11.6 Å². The van der Waals surface area contributed by atoms with Gasteiger partial charge in [0, 0.05) is 23.2 Å². The molecular weight excluding hydrogens is 488 g/mol. The van der Waals surface area contributed by atoms with Gasteiger partial charge in [0.25, 0.3) is 5.91 Å². The summed E-state index contributed by atoms with van der Waals surface area (Å²) in [5.74, 6) is -3.32. The molecule has 0 saturated carbocycles. The van der Waals surface area contributed by atoms with Gasteiger partial charge < -0.3 is 14.4 Å². The van der Waals surface area contributed by atoms with Crippen LogP contribution in [0.4, 0.5) is 8.78 Å². The summed E-state index contributed by atoms with van der Waals surface area (Å²) in [6, 6.07) is 14.8. The number of ether oxygens (including phenoxy) is 2. The molecule has 5 nitrogen and oxygen atoms in total. The molecule has 1 unspecified atom stereocenters. The lowest BCUT2D eigenvalue weighted by molar-refractivity contribution is -0.159. The molecule has 0 N–H and O–H groups in total. The lowest BCUT2D eigenvalue weighted by atomic mass is 10.0. The molecule has 1 aliphatic rings. The number of rotatable bonds is 5. The number of carbonyl (C=O) groups is 2. The van der Waals surface area contributed by atoms with Crippen LogP contribution in [0.2, 0.25) is 5.02 Å². The third-order valence-corrected chi connectivity index (χ3v) is 5.93. The van der Waals surface area contributed by atoms with Crippen molar-refractivity contribution in [3.05, 3.63) is 82.9 Å². The van der Waals surface area contributed by atoms with Crippen LogP contribution in [0.5, 0.6) is 11.5 Å². The fraction of sp³-hybridized carbons (Fsp3) is 0.286. The first-order chi connectivity index (χ1) is 17.0. The van der Waals surface area contributed by atoms with Crippen LogP contribution in [-0.2, 0) is 9.53 Å². The number of carbonyl (C=O) groups excluding carboxylic acids is 2. The molecule has 1 atom stereocenters. The normalized spacial score (nSPS) is 15.6. The summed E-state index contributed by atoms with van der Waals surface area (Å²) in [5.41, 5.74) is 0.172. The molecule has 0 aliphatic carbocycles. The highest BCUT2D eigenvalue weighted by Crippen LogP contribution is 2.37. The van der Waals surface area contributed by atoms with E-state index in [0.29, 0.717) is 23.4 Å². The van der Waals surface area contributed by atoms with Gasteiger partial charge in [-0.1, -0.05) is 41.9 Å². The SMILES string of the molecule is CC(C)(C)OC(=O)C1CCCN1C(=O)c1cc(F)c(Oc2ccc(Cl)cc2-c2ccccc2)cc1F. The molecule has 1 heterocycles. The van der Waals surface area contributed by atoms with Crippen LogP contribution >= 0.6 is 11.6 Å². The Morgan fingerprint density at radius 3 is 2.39 bits per heavy atom. The number of halogens is 3. The van der Waals surface area contributed by atoms with Gasteiger partial charge in [-0.05, 0) is 63.4 Å². The summed E-state index contributed by atoms with van der Waals surface area (Å²) in [6.45, 7) is 5.42. The van der Waals surface area contributed by atoms with Gasteiger partial charge in [0.2, 0.25) is 0 Å². The minimum absolute atomic E-state index is 0.243. The molecule has 0 radical (unpaired) electrons. The van der Waals surface area contributed by atoms with Crippen molar-refractivity contribution in [2.75, 3.05) is 6.54 Å². The lowest BCUT2D eigenvalue weighted by Gasteiger charge is -2.27. The van der Waals surface area contributed by atoms with E-state index in [4.69, 9.17) is 21.1 Å². The summed E-state index contributed by atoms with van der Waals surface area (Å²) >= 11 is 6.15. The zero-order valence-corrected chi connectivity index (χ0v) is 20.9. The number of amides is 1. The van der Waals surface area contributed by atoms with Gasteiger partial charge in [-0.2, -0.15) is 0 Å². The maximum absolute atomic E-state index is 15.1. The highest BCUT2D eigenvalue weighted by atomic mass is 35.5. The van der Waals surface area contributed by atoms with Crippen molar-refractivity contribution in [3.63, 3.8) is 0 Å². The van der Waals surface area contributed by atoms with Gasteiger partial charge in [-0.3, -0.25) is 4.79 Å². The lowest BCUT2D eigenvalue weighted by Crippen LogP contribution is -2.43. The van der Waals surface area contributed by atoms with Gasteiger partial charge in [0.05, 0.1) is 5.56 Å². The third kappa shape index (κ3) is 5.68. The zero-order valence-electron chi connectivity index (χ0n) is 20.2.